The number of carbonyl (C=O) groups excluding carboxylic acids is 2. The Morgan fingerprint density at radius 3 is 2.57 bits per heavy atom. The minimum Gasteiger partial charge on any atom is -0.495 e. The molecular formula is C15H19N3O3. The molecule has 0 heterocycles. The van der Waals surface area contributed by atoms with Gasteiger partial charge in [0.15, 0.2) is 0 Å². The van der Waals surface area contributed by atoms with Crippen LogP contribution in [0.1, 0.15) is 29.8 Å². The number of carbonyl (C=O) groups is 2. The number of primary amides is 1. The van der Waals surface area contributed by atoms with Crippen LogP contribution in [0.2, 0.25) is 0 Å². The molecule has 0 atom stereocenters. The van der Waals surface area contributed by atoms with Crippen molar-refractivity contribution in [2.75, 3.05) is 13.7 Å². The number of hydrogen-bond donors (Lipinski definition) is 3. The zero-order valence-electron chi connectivity index (χ0n) is 12.3. The van der Waals surface area contributed by atoms with Crippen LogP contribution >= 0.6 is 0 Å². The highest BCUT2D eigenvalue weighted by atomic mass is 16.5. The van der Waals surface area contributed by atoms with E-state index in [0.717, 1.165) is 0 Å². The molecule has 0 aliphatic carbocycles. The SMILES string of the molecule is COc1ccc(C(=O)NC(C)(C)C(N)=O)cc1C#CCN. The molecule has 0 radical (unpaired) electrons. The maximum Gasteiger partial charge on any atom is 0.252 e. The van der Waals surface area contributed by atoms with Crippen LogP contribution in [-0.4, -0.2) is 31.0 Å². The first-order chi connectivity index (χ1) is 9.81. The van der Waals surface area contributed by atoms with E-state index in [9.17, 15) is 9.59 Å². The van der Waals surface area contributed by atoms with Crippen LogP contribution in [-0.2, 0) is 4.79 Å². The molecule has 1 aromatic rings. The first-order valence-corrected chi connectivity index (χ1v) is 6.31. The zero-order valence-corrected chi connectivity index (χ0v) is 12.3. The van der Waals surface area contributed by atoms with E-state index in [2.05, 4.69) is 17.2 Å². The van der Waals surface area contributed by atoms with Crippen molar-refractivity contribution < 1.29 is 14.3 Å². The van der Waals surface area contributed by atoms with Gasteiger partial charge < -0.3 is 21.5 Å². The molecule has 0 fully saturated rings. The summed E-state index contributed by atoms with van der Waals surface area (Å²) in [4.78, 5) is 23.4. The standard InChI is InChI=1S/C15H19N3O3/c1-15(2,14(17)20)18-13(19)11-6-7-12(21-3)10(9-11)5-4-8-16/h6-7,9H,8,16H2,1-3H3,(H2,17,20)(H,18,19). The third-order valence-corrected chi connectivity index (χ3v) is 2.83. The smallest absolute Gasteiger partial charge is 0.252 e. The van der Waals surface area contributed by atoms with Gasteiger partial charge in [0.25, 0.3) is 5.91 Å². The number of methoxy groups -OCH3 is 1. The van der Waals surface area contributed by atoms with Crippen molar-refractivity contribution in [1.29, 1.82) is 0 Å². The zero-order chi connectivity index (χ0) is 16.0. The second-order valence-electron chi connectivity index (χ2n) is 4.86. The molecule has 6 nitrogen and oxygen atoms in total. The molecule has 21 heavy (non-hydrogen) atoms. The predicted molar refractivity (Wildman–Crippen MR) is 79.7 cm³/mol. The molecule has 1 aromatic carbocycles. The Balaban J connectivity index is 3.09. The molecule has 5 N–H and O–H groups in total. The van der Waals surface area contributed by atoms with Crippen molar-refractivity contribution in [3.05, 3.63) is 29.3 Å². The first-order valence-electron chi connectivity index (χ1n) is 6.31. The van der Waals surface area contributed by atoms with Crippen molar-refractivity contribution in [1.82, 2.24) is 5.32 Å². The number of nitrogens with one attached hydrogen (secondary N) is 1. The summed E-state index contributed by atoms with van der Waals surface area (Å²) in [6.07, 6.45) is 0. The average molecular weight is 289 g/mol. The van der Waals surface area contributed by atoms with Crippen molar-refractivity contribution in [2.24, 2.45) is 11.5 Å². The van der Waals surface area contributed by atoms with Gasteiger partial charge in [-0.05, 0) is 32.0 Å². The van der Waals surface area contributed by atoms with Crippen LogP contribution < -0.4 is 21.5 Å². The Bertz CT molecular complexity index is 612. The monoisotopic (exact) mass is 289 g/mol. The van der Waals surface area contributed by atoms with E-state index in [1.165, 1.54) is 21.0 Å². The molecule has 2 amide bonds. The van der Waals surface area contributed by atoms with Gasteiger partial charge in [-0.3, -0.25) is 9.59 Å². The van der Waals surface area contributed by atoms with Gasteiger partial charge in [0.05, 0.1) is 19.2 Å². The van der Waals surface area contributed by atoms with Gasteiger partial charge in [0, 0.05) is 5.56 Å². The highest BCUT2D eigenvalue weighted by Gasteiger charge is 2.27. The van der Waals surface area contributed by atoms with Crippen molar-refractivity contribution >= 4 is 11.8 Å². The fourth-order valence-electron chi connectivity index (χ4n) is 1.51. The van der Waals surface area contributed by atoms with Crippen LogP contribution in [0.5, 0.6) is 5.75 Å². The van der Waals surface area contributed by atoms with E-state index >= 15 is 0 Å². The van der Waals surface area contributed by atoms with Crippen molar-refractivity contribution in [2.45, 2.75) is 19.4 Å². The summed E-state index contributed by atoms with van der Waals surface area (Å²) >= 11 is 0. The lowest BCUT2D eigenvalue weighted by molar-refractivity contribution is -0.122. The van der Waals surface area contributed by atoms with Crippen LogP contribution in [0, 0.1) is 11.8 Å². The first kappa shape index (κ1) is 16.5. The Kier molecular flexibility index (Phi) is 5.33. The second-order valence-corrected chi connectivity index (χ2v) is 4.86. The van der Waals surface area contributed by atoms with E-state index in [0.29, 0.717) is 16.9 Å². The van der Waals surface area contributed by atoms with Gasteiger partial charge in [-0.2, -0.15) is 0 Å². The maximum absolute atomic E-state index is 12.2. The largest absolute Gasteiger partial charge is 0.495 e. The average Bonchev–Trinajstić information content (AvgIpc) is 2.44. The Morgan fingerprint density at radius 2 is 2.05 bits per heavy atom. The molecule has 0 saturated heterocycles. The summed E-state index contributed by atoms with van der Waals surface area (Å²) in [6, 6.07) is 4.79. The summed E-state index contributed by atoms with van der Waals surface area (Å²) in [5.41, 5.74) is 10.3. The molecule has 0 bridgehead atoms. The molecular weight excluding hydrogens is 270 g/mol. The van der Waals surface area contributed by atoms with E-state index in [4.69, 9.17) is 16.2 Å². The molecule has 0 unspecified atom stereocenters. The fourth-order valence-corrected chi connectivity index (χ4v) is 1.51. The van der Waals surface area contributed by atoms with E-state index in [1.54, 1.807) is 18.2 Å². The molecule has 0 aromatic heterocycles. The van der Waals surface area contributed by atoms with E-state index in [-0.39, 0.29) is 6.54 Å². The van der Waals surface area contributed by atoms with Gasteiger partial charge >= 0.3 is 0 Å². The molecule has 0 saturated carbocycles. The quantitative estimate of drug-likeness (QED) is 0.678. The summed E-state index contributed by atoms with van der Waals surface area (Å²) in [5.74, 6) is 5.04. The third-order valence-electron chi connectivity index (χ3n) is 2.83. The molecule has 0 aliphatic rings. The number of benzene rings is 1. The van der Waals surface area contributed by atoms with E-state index in [1.807, 2.05) is 0 Å². The number of amides is 2. The van der Waals surface area contributed by atoms with E-state index < -0.39 is 17.4 Å². The normalized spacial score (nSPS) is 10.3. The van der Waals surface area contributed by atoms with Gasteiger partial charge in [0.2, 0.25) is 5.91 Å². The van der Waals surface area contributed by atoms with Crippen LogP contribution in [0.15, 0.2) is 18.2 Å². The van der Waals surface area contributed by atoms with Crippen LogP contribution in [0.4, 0.5) is 0 Å². The van der Waals surface area contributed by atoms with Gasteiger partial charge in [-0.15, -0.1) is 0 Å². The minimum atomic E-state index is -1.14. The predicted octanol–water partition coefficient (Wildman–Crippen LogP) is -0.000900. The lowest BCUT2D eigenvalue weighted by Gasteiger charge is -2.22. The highest BCUT2D eigenvalue weighted by molar-refractivity contribution is 5.99. The second kappa shape index (κ2) is 6.77. The van der Waals surface area contributed by atoms with Gasteiger partial charge in [-0.1, -0.05) is 11.8 Å². The molecule has 6 heteroatoms. The Morgan fingerprint density at radius 1 is 1.38 bits per heavy atom. The summed E-state index contributed by atoms with van der Waals surface area (Å²) in [5, 5.41) is 2.57. The van der Waals surface area contributed by atoms with Crippen molar-refractivity contribution in [3.8, 4) is 17.6 Å². The van der Waals surface area contributed by atoms with Crippen LogP contribution in [0.25, 0.3) is 0 Å². The molecule has 112 valence electrons. The maximum atomic E-state index is 12.2. The molecule has 1 rings (SSSR count). The third kappa shape index (κ3) is 4.23. The van der Waals surface area contributed by atoms with Gasteiger partial charge in [0.1, 0.15) is 11.3 Å². The Hall–Kier alpha value is -2.52. The van der Waals surface area contributed by atoms with Crippen molar-refractivity contribution in [3.63, 3.8) is 0 Å². The number of hydrogen-bond acceptors (Lipinski definition) is 4. The topological polar surface area (TPSA) is 107 Å². The summed E-state index contributed by atoms with van der Waals surface area (Å²) in [6.45, 7) is 3.27. The van der Waals surface area contributed by atoms with Crippen LogP contribution in [0.3, 0.4) is 0 Å². The Labute approximate surface area is 123 Å². The number of ether oxygens (including phenoxy) is 1. The van der Waals surface area contributed by atoms with Gasteiger partial charge in [-0.25, -0.2) is 0 Å². The lowest BCUT2D eigenvalue weighted by Crippen LogP contribution is -2.53. The molecule has 0 aliphatic heterocycles. The number of nitrogens with two attached hydrogens (primary N) is 2. The fraction of sp³-hybridized carbons (Fsp3) is 0.333. The molecule has 0 spiro atoms. The summed E-state index contributed by atoms with van der Waals surface area (Å²) < 4.78 is 5.17. The summed E-state index contributed by atoms with van der Waals surface area (Å²) in [7, 11) is 1.51. The lowest BCUT2D eigenvalue weighted by atomic mass is 10.0. The number of rotatable bonds is 4. The minimum absolute atomic E-state index is 0.203. The highest BCUT2D eigenvalue weighted by Crippen LogP contribution is 2.19.